The quantitative estimate of drug-likeness (QED) is 0.605. The van der Waals surface area contributed by atoms with Crippen molar-refractivity contribution in [1.29, 1.82) is 0 Å². The molecule has 0 amide bonds. The molecule has 2 N–H and O–H groups in total. The number of fused-ring (bicyclic) bond motifs is 1. The number of anilines is 2. The maximum Gasteiger partial charge on any atom is 0.140 e. The number of pyridine rings is 1. The number of thiophene rings is 1. The summed E-state index contributed by atoms with van der Waals surface area (Å²) in [6.45, 7) is 0.704. The van der Waals surface area contributed by atoms with Crippen LogP contribution in [0.25, 0.3) is 20.7 Å². The van der Waals surface area contributed by atoms with Crippen LogP contribution >= 0.6 is 11.3 Å². The molecule has 0 bridgehead atoms. The molecular weight excluding hydrogens is 330 g/mol. The minimum atomic E-state index is 0.529. The van der Waals surface area contributed by atoms with E-state index in [-0.39, 0.29) is 0 Å². The molecule has 124 valence electrons. The summed E-state index contributed by atoms with van der Waals surface area (Å²) >= 11 is 1.68. The highest BCUT2D eigenvalue weighted by Gasteiger charge is 2.13. The van der Waals surface area contributed by atoms with Gasteiger partial charge >= 0.3 is 0 Å². The molecule has 0 saturated heterocycles. The molecule has 0 fully saturated rings. The Bertz CT molecular complexity index is 995. The number of nitrogens with two attached hydrogens (primary N) is 1. The number of benzene rings is 1. The minimum absolute atomic E-state index is 0.529. The largest absolute Gasteiger partial charge is 0.384 e. The van der Waals surface area contributed by atoms with E-state index in [1.54, 1.807) is 23.9 Å². The molecular formula is C19H17N5S. The van der Waals surface area contributed by atoms with Crippen molar-refractivity contribution in [2.45, 2.75) is 6.54 Å². The molecule has 1 aromatic carbocycles. The van der Waals surface area contributed by atoms with E-state index in [2.05, 4.69) is 38.1 Å². The van der Waals surface area contributed by atoms with Crippen LogP contribution in [0.15, 0.2) is 61.1 Å². The van der Waals surface area contributed by atoms with Crippen LogP contribution in [0.5, 0.6) is 0 Å². The normalized spacial score (nSPS) is 10.9. The second-order valence-corrected chi connectivity index (χ2v) is 6.87. The summed E-state index contributed by atoms with van der Waals surface area (Å²) in [5, 5.41) is 1.07. The first-order valence-electron chi connectivity index (χ1n) is 7.92. The topological polar surface area (TPSA) is 67.9 Å². The average molecular weight is 347 g/mol. The van der Waals surface area contributed by atoms with Gasteiger partial charge in [0.2, 0.25) is 0 Å². The zero-order valence-corrected chi connectivity index (χ0v) is 14.6. The van der Waals surface area contributed by atoms with Gasteiger partial charge < -0.3 is 10.6 Å². The number of rotatable bonds is 4. The number of nitrogen functional groups attached to an aromatic ring is 1. The number of nitrogens with zero attached hydrogens (tertiary/aromatic N) is 4. The van der Waals surface area contributed by atoms with Crippen LogP contribution in [0.1, 0.15) is 5.56 Å². The second kappa shape index (κ2) is 6.49. The summed E-state index contributed by atoms with van der Waals surface area (Å²) in [5.41, 5.74) is 7.94. The van der Waals surface area contributed by atoms with Gasteiger partial charge in [0.05, 0.1) is 5.39 Å². The second-order valence-electron chi connectivity index (χ2n) is 5.84. The van der Waals surface area contributed by atoms with Gasteiger partial charge in [-0.2, -0.15) is 0 Å². The standard InChI is InChI=1S/C19H17N5S/c1-24(11-13-7-8-17(20)21-10-13)18-15-9-16(14-5-3-2-4-6-14)25-19(15)23-12-22-18/h2-10,12H,11H2,1H3,(H2,20,21). The average Bonchev–Trinajstić information content (AvgIpc) is 3.08. The van der Waals surface area contributed by atoms with Crippen molar-refractivity contribution >= 4 is 33.2 Å². The fourth-order valence-corrected chi connectivity index (χ4v) is 3.77. The Hall–Kier alpha value is -2.99. The highest BCUT2D eigenvalue weighted by molar-refractivity contribution is 7.21. The van der Waals surface area contributed by atoms with Crippen molar-refractivity contribution in [3.8, 4) is 10.4 Å². The lowest BCUT2D eigenvalue weighted by atomic mass is 10.2. The molecule has 5 nitrogen and oxygen atoms in total. The maximum absolute atomic E-state index is 5.66. The number of hydrogen-bond acceptors (Lipinski definition) is 6. The van der Waals surface area contributed by atoms with Gasteiger partial charge in [-0.1, -0.05) is 36.4 Å². The molecule has 4 rings (SSSR count). The third-order valence-electron chi connectivity index (χ3n) is 4.00. The van der Waals surface area contributed by atoms with E-state index in [1.807, 2.05) is 37.4 Å². The van der Waals surface area contributed by atoms with Crippen molar-refractivity contribution in [3.05, 3.63) is 66.6 Å². The Kier molecular flexibility index (Phi) is 4.03. The van der Waals surface area contributed by atoms with E-state index in [0.717, 1.165) is 21.6 Å². The lowest BCUT2D eigenvalue weighted by Gasteiger charge is -2.18. The Balaban J connectivity index is 1.69. The van der Waals surface area contributed by atoms with Crippen LogP contribution in [0.4, 0.5) is 11.6 Å². The van der Waals surface area contributed by atoms with Gasteiger partial charge in [-0.15, -0.1) is 11.3 Å². The molecule has 0 aliphatic carbocycles. The van der Waals surface area contributed by atoms with Crippen LogP contribution in [0.3, 0.4) is 0 Å². The monoisotopic (exact) mass is 347 g/mol. The molecule has 0 aliphatic heterocycles. The van der Waals surface area contributed by atoms with Gasteiger partial charge in [0.15, 0.2) is 0 Å². The molecule has 6 heteroatoms. The minimum Gasteiger partial charge on any atom is -0.384 e. The van der Waals surface area contributed by atoms with Crippen molar-refractivity contribution in [2.24, 2.45) is 0 Å². The van der Waals surface area contributed by atoms with Crippen molar-refractivity contribution < 1.29 is 0 Å². The van der Waals surface area contributed by atoms with Gasteiger partial charge in [-0.05, 0) is 23.3 Å². The lowest BCUT2D eigenvalue weighted by Crippen LogP contribution is -2.18. The summed E-state index contributed by atoms with van der Waals surface area (Å²) < 4.78 is 0. The highest BCUT2D eigenvalue weighted by atomic mass is 32.1. The van der Waals surface area contributed by atoms with Gasteiger partial charge in [0.25, 0.3) is 0 Å². The highest BCUT2D eigenvalue weighted by Crippen LogP contribution is 2.35. The summed E-state index contributed by atoms with van der Waals surface area (Å²) in [6.07, 6.45) is 3.42. The third-order valence-corrected chi connectivity index (χ3v) is 5.09. The van der Waals surface area contributed by atoms with E-state index >= 15 is 0 Å². The molecule has 0 atom stereocenters. The zero-order chi connectivity index (χ0) is 17.2. The van der Waals surface area contributed by atoms with E-state index in [4.69, 9.17) is 5.73 Å². The van der Waals surface area contributed by atoms with Crippen molar-refractivity contribution in [2.75, 3.05) is 17.7 Å². The summed E-state index contributed by atoms with van der Waals surface area (Å²) in [7, 11) is 2.03. The predicted molar refractivity (Wildman–Crippen MR) is 104 cm³/mol. The molecule has 3 heterocycles. The van der Waals surface area contributed by atoms with Gasteiger partial charge in [0, 0.05) is 24.7 Å². The summed E-state index contributed by atoms with van der Waals surface area (Å²) in [6, 6.07) is 16.3. The van der Waals surface area contributed by atoms with Crippen LogP contribution in [-0.2, 0) is 6.54 Å². The van der Waals surface area contributed by atoms with Crippen LogP contribution in [0.2, 0.25) is 0 Å². The molecule has 4 aromatic rings. The van der Waals surface area contributed by atoms with Crippen LogP contribution in [0, 0.1) is 0 Å². The molecule has 0 aliphatic rings. The molecule has 3 aromatic heterocycles. The Morgan fingerprint density at radius 1 is 1.04 bits per heavy atom. The van der Waals surface area contributed by atoms with Crippen molar-refractivity contribution in [3.63, 3.8) is 0 Å². The fourth-order valence-electron chi connectivity index (χ4n) is 2.77. The fraction of sp³-hybridized carbons (Fsp3) is 0.105. The molecule has 0 spiro atoms. The Morgan fingerprint density at radius 2 is 1.88 bits per heavy atom. The Labute approximate surface area is 149 Å². The first kappa shape index (κ1) is 15.5. The van der Waals surface area contributed by atoms with E-state index < -0.39 is 0 Å². The molecule has 0 saturated carbocycles. The summed E-state index contributed by atoms with van der Waals surface area (Å²) in [4.78, 5) is 17.4. The van der Waals surface area contributed by atoms with Crippen LogP contribution < -0.4 is 10.6 Å². The lowest BCUT2D eigenvalue weighted by molar-refractivity contribution is 0.895. The molecule has 0 unspecified atom stereocenters. The first-order chi connectivity index (χ1) is 12.2. The van der Waals surface area contributed by atoms with Gasteiger partial charge in [-0.3, -0.25) is 0 Å². The Morgan fingerprint density at radius 3 is 2.64 bits per heavy atom. The predicted octanol–water partition coefficient (Wildman–Crippen LogP) is 3.97. The van der Waals surface area contributed by atoms with E-state index in [1.165, 1.54) is 10.4 Å². The maximum atomic E-state index is 5.66. The number of aromatic nitrogens is 3. The molecule has 25 heavy (non-hydrogen) atoms. The SMILES string of the molecule is CN(Cc1ccc(N)nc1)c1ncnc2sc(-c3ccccc3)cc12. The van der Waals surface area contributed by atoms with Gasteiger partial charge in [-0.25, -0.2) is 15.0 Å². The van der Waals surface area contributed by atoms with Crippen LogP contribution in [-0.4, -0.2) is 22.0 Å². The summed E-state index contributed by atoms with van der Waals surface area (Å²) in [5.74, 6) is 1.45. The van der Waals surface area contributed by atoms with E-state index in [9.17, 15) is 0 Å². The van der Waals surface area contributed by atoms with E-state index in [0.29, 0.717) is 12.4 Å². The first-order valence-corrected chi connectivity index (χ1v) is 8.74. The number of hydrogen-bond donors (Lipinski definition) is 1. The molecule has 0 radical (unpaired) electrons. The van der Waals surface area contributed by atoms with Gasteiger partial charge in [0.1, 0.15) is 22.8 Å². The van der Waals surface area contributed by atoms with Crippen molar-refractivity contribution in [1.82, 2.24) is 15.0 Å². The zero-order valence-electron chi connectivity index (χ0n) is 13.8. The third kappa shape index (κ3) is 3.16. The smallest absolute Gasteiger partial charge is 0.140 e.